The molecule has 0 amide bonds. The number of nitrogens with zero attached hydrogens (tertiary/aromatic N) is 1. The summed E-state index contributed by atoms with van der Waals surface area (Å²) in [5.41, 5.74) is 0.259. The van der Waals surface area contributed by atoms with Gasteiger partial charge in [-0.15, -0.1) is 0 Å². The van der Waals surface area contributed by atoms with E-state index in [4.69, 9.17) is 4.74 Å². The van der Waals surface area contributed by atoms with Crippen LogP contribution in [0, 0.1) is 5.92 Å². The fraction of sp³-hybridized carbons (Fsp3) is 1.00. The van der Waals surface area contributed by atoms with Gasteiger partial charge in [-0.25, -0.2) is 0 Å². The quantitative estimate of drug-likeness (QED) is 0.708. The third-order valence-corrected chi connectivity index (χ3v) is 3.56. The van der Waals surface area contributed by atoms with Gasteiger partial charge in [-0.05, 0) is 72.0 Å². The molecule has 3 heteroatoms. The van der Waals surface area contributed by atoms with Gasteiger partial charge in [0.1, 0.15) is 0 Å². The van der Waals surface area contributed by atoms with Crippen molar-refractivity contribution < 1.29 is 4.74 Å². The number of likely N-dealkylation sites (tertiary alicyclic amines) is 1. The maximum absolute atomic E-state index is 5.27. The zero-order valence-electron chi connectivity index (χ0n) is 12.8. The van der Waals surface area contributed by atoms with Gasteiger partial charge in [0.25, 0.3) is 0 Å². The molecule has 1 unspecified atom stereocenters. The summed E-state index contributed by atoms with van der Waals surface area (Å²) < 4.78 is 5.27. The summed E-state index contributed by atoms with van der Waals surface area (Å²) in [6.07, 6.45) is 5.27. The Morgan fingerprint density at radius 2 is 2.06 bits per heavy atom. The summed E-state index contributed by atoms with van der Waals surface area (Å²) in [6, 6.07) is 0. The third kappa shape index (κ3) is 7.34. The Morgan fingerprint density at radius 3 is 2.72 bits per heavy atom. The Kier molecular flexibility index (Phi) is 7.20. The molecule has 1 saturated heterocycles. The van der Waals surface area contributed by atoms with Crippen molar-refractivity contribution in [1.29, 1.82) is 0 Å². The first-order valence-electron chi connectivity index (χ1n) is 7.47. The van der Waals surface area contributed by atoms with Crippen LogP contribution in [0.25, 0.3) is 0 Å². The Bertz CT molecular complexity index is 211. The lowest BCUT2D eigenvalue weighted by Crippen LogP contribution is -2.38. The van der Waals surface area contributed by atoms with E-state index in [9.17, 15) is 0 Å². The fourth-order valence-electron chi connectivity index (χ4n) is 2.65. The van der Waals surface area contributed by atoms with E-state index >= 15 is 0 Å². The molecule has 1 atom stereocenters. The lowest BCUT2D eigenvalue weighted by Gasteiger charge is -2.32. The lowest BCUT2D eigenvalue weighted by molar-refractivity contribution is 0.0898. The highest BCUT2D eigenvalue weighted by Crippen LogP contribution is 2.16. The Hall–Kier alpha value is -0.120. The molecule has 1 rings (SSSR count). The molecule has 0 aliphatic carbocycles. The molecule has 18 heavy (non-hydrogen) atoms. The van der Waals surface area contributed by atoms with Crippen molar-refractivity contribution in [3.05, 3.63) is 0 Å². The largest absolute Gasteiger partial charge is 0.384 e. The van der Waals surface area contributed by atoms with E-state index in [0.717, 1.165) is 19.1 Å². The molecule has 1 fully saturated rings. The van der Waals surface area contributed by atoms with Crippen molar-refractivity contribution in [2.24, 2.45) is 5.92 Å². The van der Waals surface area contributed by atoms with Gasteiger partial charge in [0, 0.05) is 19.2 Å². The van der Waals surface area contributed by atoms with Gasteiger partial charge in [-0.3, -0.25) is 0 Å². The van der Waals surface area contributed by atoms with Crippen LogP contribution in [-0.4, -0.2) is 50.3 Å². The normalized spacial score (nSPS) is 22.3. The summed E-state index contributed by atoms with van der Waals surface area (Å²) >= 11 is 0. The molecule has 1 heterocycles. The maximum atomic E-state index is 5.27. The molecule has 0 aromatic heterocycles. The molecule has 0 bridgehead atoms. The summed E-state index contributed by atoms with van der Waals surface area (Å²) in [5.74, 6) is 0.761. The first-order valence-corrected chi connectivity index (χ1v) is 7.47. The number of piperidine rings is 1. The van der Waals surface area contributed by atoms with Crippen LogP contribution in [-0.2, 0) is 4.74 Å². The average molecular weight is 256 g/mol. The number of rotatable bonds is 7. The summed E-state index contributed by atoms with van der Waals surface area (Å²) in [6.45, 7) is 12.5. The predicted molar refractivity (Wildman–Crippen MR) is 78.0 cm³/mol. The van der Waals surface area contributed by atoms with Crippen molar-refractivity contribution in [2.75, 3.05) is 39.9 Å². The minimum atomic E-state index is 0.259. The average Bonchev–Trinajstić information content (AvgIpc) is 2.28. The zero-order chi connectivity index (χ0) is 13.4. The zero-order valence-corrected chi connectivity index (χ0v) is 12.8. The number of hydrogen-bond donors (Lipinski definition) is 1. The highest BCUT2D eigenvalue weighted by atomic mass is 16.5. The minimum Gasteiger partial charge on any atom is -0.384 e. The van der Waals surface area contributed by atoms with Gasteiger partial charge in [-0.2, -0.15) is 0 Å². The number of unbranched alkanes of at least 4 members (excludes halogenated alkanes) is 1. The van der Waals surface area contributed by atoms with Crippen molar-refractivity contribution in [1.82, 2.24) is 10.2 Å². The molecule has 1 aliphatic heterocycles. The van der Waals surface area contributed by atoms with Crippen LogP contribution >= 0.6 is 0 Å². The smallest absolute Gasteiger partial charge is 0.0502 e. The van der Waals surface area contributed by atoms with Gasteiger partial charge in [-0.1, -0.05) is 0 Å². The third-order valence-electron chi connectivity index (χ3n) is 3.56. The first-order chi connectivity index (χ1) is 8.51. The van der Waals surface area contributed by atoms with E-state index in [2.05, 4.69) is 31.0 Å². The number of hydrogen-bond acceptors (Lipinski definition) is 3. The molecule has 1 aliphatic rings. The second kappa shape index (κ2) is 8.13. The summed E-state index contributed by atoms with van der Waals surface area (Å²) in [7, 11) is 1.82. The molecule has 1 N–H and O–H groups in total. The highest BCUT2D eigenvalue weighted by molar-refractivity contribution is 4.73. The SMILES string of the molecule is COCC1CCCN(CCCCNC(C)(C)C)C1. The molecule has 0 aromatic carbocycles. The van der Waals surface area contributed by atoms with Crippen LogP contribution < -0.4 is 5.32 Å². The highest BCUT2D eigenvalue weighted by Gasteiger charge is 2.19. The van der Waals surface area contributed by atoms with Crippen molar-refractivity contribution in [2.45, 2.75) is 52.0 Å². The Morgan fingerprint density at radius 1 is 1.28 bits per heavy atom. The molecule has 0 spiro atoms. The second-order valence-electron chi connectivity index (χ2n) is 6.65. The van der Waals surface area contributed by atoms with Gasteiger partial charge >= 0.3 is 0 Å². The standard InChI is InChI=1S/C15H32N2O/c1-15(2,3)16-9-5-6-10-17-11-7-8-14(12-17)13-18-4/h14,16H,5-13H2,1-4H3. The second-order valence-corrected chi connectivity index (χ2v) is 6.65. The maximum Gasteiger partial charge on any atom is 0.0502 e. The van der Waals surface area contributed by atoms with Crippen LogP contribution in [0.1, 0.15) is 46.5 Å². The topological polar surface area (TPSA) is 24.5 Å². The van der Waals surface area contributed by atoms with Crippen LogP contribution in [0.3, 0.4) is 0 Å². The van der Waals surface area contributed by atoms with Crippen molar-refractivity contribution in [3.63, 3.8) is 0 Å². The van der Waals surface area contributed by atoms with Gasteiger partial charge in [0.05, 0.1) is 6.61 Å². The van der Waals surface area contributed by atoms with E-state index in [-0.39, 0.29) is 5.54 Å². The van der Waals surface area contributed by atoms with Crippen molar-refractivity contribution >= 4 is 0 Å². The molecule has 0 aromatic rings. The molecular formula is C15H32N2O. The van der Waals surface area contributed by atoms with E-state index in [1.54, 1.807) is 0 Å². The summed E-state index contributed by atoms with van der Waals surface area (Å²) in [5, 5.41) is 3.55. The van der Waals surface area contributed by atoms with Crippen LogP contribution in [0.15, 0.2) is 0 Å². The molecule has 0 radical (unpaired) electrons. The molecular weight excluding hydrogens is 224 g/mol. The number of ether oxygens (including phenoxy) is 1. The van der Waals surface area contributed by atoms with Gasteiger partial charge in [0.15, 0.2) is 0 Å². The molecule has 0 saturated carbocycles. The number of methoxy groups -OCH3 is 1. The Labute approximate surface area is 113 Å². The predicted octanol–water partition coefficient (Wildman–Crippen LogP) is 2.51. The minimum absolute atomic E-state index is 0.259. The van der Waals surface area contributed by atoms with Crippen LogP contribution in [0.4, 0.5) is 0 Å². The monoisotopic (exact) mass is 256 g/mol. The van der Waals surface area contributed by atoms with E-state index in [1.807, 2.05) is 7.11 Å². The molecule has 108 valence electrons. The van der Waals surface area contributed by atoms with E-state index in [1.165, 1.54) is 45.3 Å². The Balaban J connectivity index is 2.04. The number of nitrogens with one attached hydrogen (secondary N) is 1. The lowest BCUT2D eigenvalue weighted by atomic mass is 9.99. The fourth-order valence-corrected chi connectivity index (χ4v) is 2.65. The van der Waals surface area contributed by atoms with Gasteiger partial charge in [0.2, 0.25) is 0 Å². The van der Waals surface area contributed by atoms with E-state index in [0.29, 0.717) is 0 Å². The van der Waals surface area contributed by atoms with Crippen molar-refractivity contribution in [3.8, 4) is 0 Å². The van der Waals surface area contributed by atoms with Crippen LogP contribution in [0.2, 0.25) is 0 Å². The molecule has 3 nitrogen and oxygen atoms in total. The van der Waals surface area contributed by atoms with Gasteiger partial charge < -0.3 is 15.0 Å². The summed E-state index contributed by atoms with van der Waals surface area (Å²) in [4.78, 5) is 2.62. The van der Waals surface area contributed by atoms with E-state index < -0.39 is 0 Å². The first kappa shape index (κ1) is 15.9. The van der Waals surface area contributed by atoms with Crippen LogP contribution in [0.5, 0.6) is 0 Å².